The molecular weight excluding hydrogens is 508 g/mol. The van der Waals surface area contributed by atoms with Crippen LogP contribution >= 0.6 is 12.4 Å². The van der Waals surface area contributed by atoms with E-state index in [0.717, 1.165) is 18.0 Å². The molecule has 2 aromatic carbocycles. The zero-order chi connectivity index (χ0) is 26.2. The molecule has 2 heterocycles. The first-order valence-corrected chi connectivity index (χ1v) is 11.9. The number of carbonyl (C=O) groups is 1. The van der Waals surface area contributed by atoms with E-state index in [0.29, 0.717) is 6.54 Å². The van der Waals surface area contributed by atoms with Crippen molar-refractivity contribution in [3.05, 3.63) is 105 Å². The number of nitro groups is 1. The molecule has 5 rings (SSSR count). The molecule has 2 aliphatic rings. The highest BCUT2D eigenvalue weighted by molar-refractivity contribution is 5.93. The van der Waals surface area contributed by atoms with Crippen LogP contribution in [0, 0.1) is 10.1 Å². The second kappa shape index (κ2) is 13.4. The molecule has 3 aromatic rings. The normalized spacial score (nSPS) is 13.7. The lowest BCUT2D eigenvalue weighted by Gasteiger charge is -2.13. The van der Waals surface area contributed by atoms with Gasteiger partial charge in [-0.1, -0.05) is 66.8 Å². The van der Waals surface area contributed by atoms with Gasteiger partial charge >= 0.3 is 12.0 Å². The van der Waals surface area contributed by atoms with E-state index in [9.17, 15) is 14.9 Å². The molecule has 9 nitrogen and oxygen atoms in total. The SMILES string of the molecule is CN(C)CCC=C1c2ccccc2C=Cc2ccccc21.Cl.O=C1OCCN1N=Cc1ccc([N+](=O)[O-])o1. The second-order valence-corrected chi connectivity index (χ2v) is 8.63. The van der Waals surface area contributed by atoms with Gasteiger partial charge in [0.2, 0.25) is 0 Å². The van der Waals surface area contributed by atoms with Crippen LogP contribution in [-0.2, 0) is 4.74 Å². The molecular formula is C28H29ClN4O5. The van der Waals surface area contributed by atoms with E-state index in [4.69, 9.17) is 4.42 Å². The smallest absolute Gasteiger partial charge is 0.433 e. The van der Waals surface area contributed by atoms with Gasteiger partial charge in [0.05, 0.1) is 18.8 Å². The summed E-state index contributed by atoms with van der Waals surface area (Å²) in [6, 6.07) is 19.9. The quantitative estimate of drug-likeness (QED) is 0.171. The number of hydrogen-bond acceptors (Lipinski definition) is 7. The summed E-state index contributed by atoms with van der Waals surface area (Å²) in [7, 11) is 4.24. The second-order valence-electron chi connectivity index (χ2n) is 8.63. The number of nitrogens with zero attached hydrogens (tertiary/aromatic N) is 4. The third kappa shape index (κ3) is 7.18. The number of halogens is 1. The van der Waals surface area contributed by atoms with Gasteiger partial charge in [-0.25, -0.2) is 4.79 Å². The van der Waals surface area contributed by atoms with Gasteiger partial charge in [-0.05, 0) is 54.4 Å². The van der Waals surface area contributed by atoms with E-state index < -0.39 is 11.0 Å². The summed E-state index contributed by atoms with van der Waals surface area (Å²) in [5.74, 6) is -0.170. The lowest BCUT2D eigenvalue weighted by Crippen LogP contribution is -2.17. The number of hydrogen-bond donors (Lipinski definition) is 0. The molecule has 1 aliphatic carbocycles. The number of fused-ring (bicyclic) bond motifs is 2. The number of furan rings is 1. The van der Waals surface area contributed by atoms with Crippen molar-refractivity contribution in [3.63, 3.8) is 0 Å². The first-order valence-electron chi connectivity index (χ1n) is 11.9. The Balaban J connectivity index is 0.000000213. The third-order valence-corrected chi connectivity index (χ3v) is 5.73. The molecule has 10 heteroatoms. The highest BCUT2D eigenvalue weighted by atomic mass is 35.5. The highest BCUT2D eigenvalue weighted by Crippen LogP contribution is 2.33. The molecule has 0 atom stereocenters. The molecule has 1 fully saturated rings. The molecule has 38 heavy (non-hydrogen) atoms. The summed E-state index contributed by atoms with van der Waals surface area (Å²) in [5, 5.41) is 15.2. The molecule has 0 saturated carbocycles. The standard InChI is InChI=1S/C20H21N.C8H7N3O5.ClH/c1-21(2)15-7-12-20-18-10-5-3-8-16(18)13-14-17-9-4-6-11-19(17)20;12-8-10(3-4-15-8)9-5-6-1-2-7(16-6)11(13)14;/h3-6,8-14H,7,15H2,1-2H3;1-2,5H,3-4H2;1H. The van der Waals surface area contributed by atoms with Crippen molar-refractivity contribution >= 4 is 48.3 Å². The van der Waals surface area contributed by atoms with Crippen LogP contribution < -0.4 is 0 Å². The first kappa shape index (κ1) is 28.4. The molecule has 0 unspecified atom stereocenters. The number of rotatable bonds is 6. The monoisotopic (exact) mass is 536 g/mol. The molecule has 0 N–H and O–H groups in total. The van der Waals surface area contributed by atoms with Gasteiger partial charge < -0.3 is 14.1 Å². The minimum Gasteiger partial charge on any atom is -0.446 e. The van der Waals surface area contributed by atoms with Crippen molar-refractivity contribution < 1.29 is 18.9 Å². The topological polar surface area (TPSA) is 101 Å². The van der Waals surface area contributed by atoms with Gasteiger partial charge in [-0.2, -0.15) is 10.1 Å². The predicted molar refractivity (Wildman–Crippen MR) is 150 cm³/mol. The lowest BCUT2D eigenvalue weighted by molar-refractivity contribution is -0.402. The molecule has 1 saturated heterocycles. The van der Waals surface area contributed by atoms with Crippen molar-refractivity contribution in [2.45, 2.75) is 6.42 Å². The maximum absolute atomic E-state index is 11.0. The molecule has 1 aliphatic heterocycles. The van der Waals surface area contributed by atoms with Gasteiger partial charge in [0.15, 0.2) is 5.76 Å². The Morgan fingerprint density at radius 1 is 1.03 bits per heavy atom. The fourth-order valence-corrected chi connectivity index (χ4v) is 3.91. The van der Waals surface area contributed by atoms with Gasteiger partial charge in [-0.3, -0.25) is 10.1 Å². The summed E-state index contributed by atoms with van der Waals surface area (Å²) in [4.78, 5) is 22.8. The number of benzene rings is 2. The van der Waals surface area contributed by atoms with Crippen molar-refractivity contribution in [1.82, 2.24) is 9.91 Å². The van der Waals surface area contributed by atoms with E-state index in [1.807, 2.05) is 0 Å². The molecule has 1 aromatic heterocycles. The van der Waals surface area contributed by atoms with Gasteiger partial charge in [0.25, 0.3) is 0 Å². The van der Waals surface area contributed by atoms with Crippen LogP contribution in [0.15, 0.2) is 76.3 Å². The first-order chi connectivity index (χ1) is 17.9. The van der Waals surface area contributed by atoms with Crippen molar-refractivity contribution in [2.75, 3.05) is 33.8 Å². The molecule has 0 bridgehead atoms. The minimum absolute atomic E-state index is 0. The predicted octanol–water partition coefficient (Wildman–Crippen LogP) is 5.95. The Morgan fingerprint density at radius 2 is 1.66 bits per heavy atom. The fourth-order valence-electron chi connectivity index (χ4n) is 3.91. The van der Waals surface area contributed by atoms with Crippen LogP contribution in [0.25, 0.3) is 17.7 Å². The Bertz CT molecular complexity index is 1310. The van der Waals surface area contributed by atoms with Gasteiger partial charge in [0, 0.05) is 6.54 Å². The van der Waals surface area contributed by atoms with Crippen LogP contribution in [0.5, 0.6) is 0 Å². The van der Waals surface area contributed by atoms with E-state index in [1.54, 1.807) is 0 Å². The Hall–Kier alpha value is -4.21. The Morgan fingerprint density at radius 3 is 2.18 bits per heavy atom. The van der Waals surface area contributed by atoms with Crippen LogP contribution in [0.4, 0.5) is 10.7 Å². The molecule has 1 amide bonds. The van der Waals surface area contributed by atoms with E-state index >= 15 is 0 Å². The lowest BCUT2D eigenvalue weighted by atomic mass is 9.93. The zero-order valence-electron chi connectivity index (χ0n) is 21.1. The summed E-state index contributed by atoms with van der Waals surface area (Å²) in [5.41, 5.74) is 6.61. The van der Waals surface area contributed by atoms with Gasteiger partial charge in [-0.15, -0.1) is 12.4 Å². The average molecular weight is 537 g/mol. The molecule has 0 radical (unpaired) electrons. The average Bonchev–Trinajstić information content (AvgIpc) is 3.50. The van der Waals surface area contributed by atoms with Crippen LogP contribution in [0.2, 0.25) is 0 Å². The highest BCUT2D eigenvalue weighted by Gasteiger charge is 2.21. The summed E-state index contributed by atoms with van der Waals surface area (Å²) in [6.45, 7) is 1.72. The number of amides is 1. The van der Waals surface area contributed by atoms with Gasteiger partial charge in [0.1, 0.15) is 11.5 Å². The zero-order valence-corrected chi connectivity index (χ0v) is 22.0. The van der Waals surface area contributed by atoms with Crippen LogP contribution in [-0.4, -0.2) is 60.9 Å². The van der Waals surface area contributed by atoms with E-state index in [2.05, 4.69) is 95.6 Å². The fraction of sp³-hybridized carbons (Fsp3) is 0.214. The van der Waals surface area contributed by atoms with E-state index in [1.165, 1.54) is 46.2 Å². The Kier molecular flexibility index (Phi) is 9.98. The number of hydrazone groups is 1. The van der Waals surface area contributed by atoms with Crippen molar-refractivity contribution in [1.29, 1.82) is 0 Å². The largest absolute Gasteiger partial charge is 0.446 e. The third-order valence-electron chi connectivity index (χ3n) is 5.73. The summed E-state index contributed by atoms with van der Waals surface area (Å²) >= 11 is 0. The Labute approximate surface area is 227 Å². The number of carbonyl (C=O) groups excluding carboxylic acids is 1. The number of ether oxygens (including phenoxy) is 1. The summed E-state index contributed by atoms with van der Waals surface area (Å²) in [6.07, 6.45) is 8.56. The molecule has 0 spiro atoms. The van der Waals surface area contributed by atoms with Crippen molar-refractivity contribution in [2.24, 2.45) is 5.10 Å². The maximum atomic E-state index is 11.0. The maximum Gasteiger partial charge on any atom is 0.433 e. The number of cyclic esters (lactones) is 1. The molecule has 198 valence electrons. The van der Waals surface area contributed by atoms with Crippen molar-refractivity contribution in [3.8, 4) is 0 Å². The van der Waals surface area contributed by atoms with Crippen LogP contribution in [0.1, 0.15) is 34.4 Å². The van der Waals surface area contributed by atoms with E-state index in [-0.39, 0.29) is 30.7 Å². The summed E-state index contributed by atoms with van der Waals surface area (Å²) < 4.78 is 9.44. The minimum atomic E-state index is -0.651. The van der Waals surface area contributed by atoms with Crippen LogP contribution in [0.3, 0.4) is 0 Å².